The van der Waals surface area contributed by atoms with Crippen molar-refractivity contribution in [1.82, 2.24) is 4.57 Å². The normalized spacial score (nSPS) is 11.2. The molecular formula is C23H19NO5. The summed E-state index contributed by atoms with van der Waals surface area (Å²) in [5.41, 5.74) is 1.97. The van der Waals surface area contributed by atoms with Gasteiger partial charge in [0.2, 0.25) is 5.76 Å². The van der Waals surface area contributed by atoms with E-state index in [-0.39, 0.29) is 16.4 Å². The number of carboxylic acids is 1. The summed E-state index contributed by atoms with van der Waals surface area (Å²) in [5, 5.41) is 9.96. The predicted molar refractivity (Wildman–Crippen MR) is 111 cm³/mol. The Balaban J connectivity index is 2.12. The Morgan fingerprint density at radius 2 is 1.79 bits per heavy atom. The summed E-state index contributed by atoms with van der Waals surface area (Å²) < 4.78 is 7.57. The summed E-state index contributed by atoms with van der Waals surface area (Å²) >= 11 is 0. The van der Waals surface area contributed by atoms with E-state index in [0.29, 0.717) is 29.4 Å². The van der Waals surface area contributed by atoms with Crippen LogP contribution in [0.5, 0.6) is 0 Å². The maximum atomic E-state index is 12.6. The van der Waals surface area contributed by atoms with Crippen LogP contribution >= 0.6 is 0 Å². The Hall–Kier alpha value is -3.67. The van der Waals surface area contributed by atoms with Gasteiger partial charge in [0, 0.05) is 35.8 Å². The average Bonchev–Trinajstić information content (AvgIpc) is 2.71. The van der Waals surface area contributed by atoms with Crippen molar-refractivity contribution in [3.63, 3.8) is 0 Å². The molecule has 6 heteroatoms. The van der Waals surface area contributed by atoms with Gasteiger partial charge in [0.25, 0.3) is 0 Å². The van der Waals surface area contributed by atoms with Gasteiger partial charge in [-0.3, -0.25) is 9.59 Å². The van der Waals surface area contributed by atoms with Crippen LogP contribution in [-0.2, 0) is 13.0 Å². The van der Waals surface area contributed by atoms with Crippen LogP contribution in [0.1, 0.15) is 35.0 Å². The predicted octanol–water partition coefficient (Wildman–Crippen LogP) is 3.81. The van der Waals surface area contributed by atoms with E-state index in [4.69, 9.17) is 4.42 Å². The second kappa shape index (κ2) is 7.39. The highest BCUT2D eigenvalue weighted by Gasteiger charge is 2.19. The van der Waals surface area contributed by atoms with Crippen molar-refractivity contribution in [3.05, 3.63) is 92.1 Å². The van der Waals surface area contributed by atoms with Gasteiger partial charge in [0.05, 0.1) is 10.9 Å². The van der Waals surface area contributed by atoms with E-state index in [1.165, 1.54) is 12.1 Å². The summed E-state index contributed by atoms with van der Waals surface area (Å²) in [7, 11) is 0. The number of aryl methyl sites for hydroxylation is 1. The van der Waals surface area contributed by atoms with Gasteiger partial charge in [-0.1, -0.05) is 43.7 Å². The van der Waals surface area contributed by atoms with Crippen LogP contribution in [0.2, 0.25) is 0 Å². The smallest absolute Gasteiger partial charge is 0.371 e. The second-order valence-corrected chi connectivity index (χ2v) is 6.95. The number of rotatable bonds is 5. The minimum Gasteiger partial charge on any atom is -0.475 e. The lowest BCUT2D eigenvalue weighted by atomic mass is 10.0. The van der Waals surface area contributed by atoms with Crippen LogP contribution in [0, 0.1) is 0 Å². The SMILES string of the molecule is CCCc1c2oc(C(=O)O)cc(=O)c2cc2c(=O)ccn(Cc3ccccc3)c12. The topological polar surface area (TPSA) is 89.5 Å². The standard InChI is InChI=1S/C23H19NO5/c1-2-6-15-21-16(11-17-19(26)12-20(23(27)28)29-22(15)17)18(25)9-10-24(21)13-14-7-4-3-5-8-14/h3-5,7-12H,2,6,13H2,1H3,(H,27,28). The van der Waals surface area contributed by atoms with Crippen LogP contribution in [0.25, 0.3) is 21.9 Å². The molecule has 0 unspecified atom stereocenters. The van der Waals surface area contributed by atoms with Gasteiger partial charge in [0.1, 0.15) is 5.58 Å². The minimum atomic E-state index is -1.30. The minimum absolute atomic E-state index is 0.190. The van der Waals surface area contributed by atoms with E-state index < -0.39 is 17.2 Å². The maximum Gasteiger partial charge on any atom is 0.371 e. The molecule has 0 saturated carbocycles. The molecule has 146 valence electrons. The Kier molecular flexibility index (Phi) is 4.76. The van der Waals surface area contributed by atoms with Crippen LogP contribution < -0.4 is 10.9 Å². The summed E-state index contributed by atoms with van der Waals surface area (Å²) in [5.74, 6) is -1.71. The molecular weight excluding hydrogens is 370 g/mol. The largest absolute Gasteiger partial charge is 0.475 e. The first-order chi connectivity index (χ1) is 14.0. The average molecular weight is 389 g/mol. The van der Waals surface area contributed by atoms with E-state index in [1.807, 2.05) is 41.8 Å². The van der Waals surface area contributed by atoms with Crippen molar-refractivity contribution in [3.8, 4) is 0 Å². The Morgan fingerprint density at radius 1 is 1.03 bits per heavy atom. The second-order valence-electron chi connectivity index (χ2n) is 6.95. The lowest BCUT2D eigenvalue weighted by Gasteiger charge is -2.16. The maximum absolute atomic E-state index is 12.6. The fourth-order valence-electron chi connectivity index (χ4n) is 3.68. The van der Waals surface area contributed by atoms with Crippen molar-refractivity contribution in [2.75, 3.05) is 0 Å². The van der Waals surface area contributed by atoms with Crippen LogP contribution in [0.3, 0.4) is 0 Å². The molecule has 0 bridgehead atoms. The van der Waals surface area contributed by atoms with E-state index in [9.17, 15) is 19.5 Å². The lowest BCUT2D eigenvalue weighted by Crippen LogP contribution is -2.14. The molecule has 29 heavy (non-hydrogen) atoms. The number of carbonyl (C=O) groups is 1. The molecule has 2 aromatic carbocycles. The first kappa shape index (κ1) is 18.7. The van der Waals surface area contributed by atoms with E-state index in [1.54, 1.807) is 6.20 Å². The third-order valence-corrected chi connectivity index (χ3v) is 4.95. The molecule has 6 nitrogen and oxygen atoms in total. The molecule has 0 aliphatic heterocycles. The third kappa shape index (κ3) is 3.33. The quantitative estimate of drug-likeness (QED) is 0.524. The number of aromatic nitrogens is 1. The van der Waals surface area contributed by atoms with Crippen molar-refractivity contribution in [2.45, 2.75) is 26.3 Å². The Morgan fingerprint density at radius 3 is 2.48 bits per heavy atom. The fraction of sp³-hybridized carbons (Fsp3) is 0.174. The summed E-state index contributed by atoms with van der Waals surface area (Å²) in [6.45, 7) is 2.51. The van der Waals surface area contributed by atoms with Crippen molar-refractivity contribution in [2.24, 2.45) is 0 Å². The van der Waals surface area contributed by atoms with Gasteiger partial charge in [-0.15, -0.1) is 0 Å². The third-order valence-electron chi connectivity index (χ3n) is 4.95. The number of aromatic carboxylic acids is 1. The molecule has 0 amide bonds. The summed E-state index contributed by atoms with van der Waals surface area (Å²) in [6, 6.07) is 13.8. The Bertz CT molecular complexity index is 1350. The highest BCUT2D eigenvalue weighted by atomic mass is 16.4. The first-order valence-electron chi connectivity index (χ1n) is 9.39. The molecule has 0 radical (unpaired) electrons. The van der Waals surface area contributed by atoms with Crippen molar-refractivity contribution < 1.29 is 14.3 Å². The van der Waals surface area contributed by atoms with Gasteiger partial charge in [-0.25, -0.2) is 4.79 Å². The van der Waals surface area contributed by atoms with Gasteiger partial charge >= 0.3 is 5.97 Å². The number of nitrogens with zero attached hydrogens (tertiary/aromatic N) is 1. The fourth-order valence-corrected chi connectivity index (χ4v) is 3.68. The molecule has 4 aromatic rings. The zero-order chi connectivity index (χ0) is 20.5. The lowest BCUT2D eigenvalue weighted by molar-refractivity contribution is 0.0663. The molecule has 2 heterocycles. The first-order valence-corrected chi connectivity index (χ1v) is 9.39. The highest BCUT2D eigenvalue weighted by Crippen LogP contribution is 2.28. The highest BCUT2D eigenvalue weighted by molar-refractivity contribution is 5.99. The molecule has 0 aliphatic rings. The zero-order valence-corrected chi connectivity index (χ0v) is 15.8. The van der Waals surface area contributed by atoms with Crippen molar-refractivity contribution >= 4 is 27.8 Å². The molecule has 0 spiro atoms. The number of hydrogen-bond acceptors (Lipinski definition) is 4. The van der Waals surface area contributed by atoms with E-state index in [2.05, 4.69) is 0 Å². The van der Waals surface area contributed by atoms with Gasteiger partial charge < -0.3 is 14.1 Å². The van der Waals surface area contributed by atoms with Crippen LogP contribution in [0.4, 0.5) is 0 Å². The molecule has 0 aliphatic carbocycles. The number of hydrogen-bond donors (Lipinski definition) is 1. The molecule has 2 aromatic heterocycles. The number of pyridine rings is 1. The molecule has 4 rings (SSSR count). The summed E-state index contributed by atoms with van der Waals surface area (Å²) in [4.78, 5) is 36.6. The Labute approximate surface area is 165 Å². The molecule has 1 N–H and O–H groups in total. The van der Waals surface area contributed by atoms with Crippen molar-refractivity contribution in [1.29, 1.82) is 0 Å². The number of fused-ring (bicyclic) bond motifs is 2. The molecule has 0 fully saturated rings. The molecule has 0 atom stereocenters. The van der Waals surface area contributed by atoms with Gasteiger partial charge in [-0.05, 0) is 18.1 Å². The zero-order valence-electron chi connectivity index (χ0n) is 15.8. The number of benzene rings is 2. The summed E-state index contributed by atoms with van der Waals surface area (Å²) in [6.07, 6.45) is 3.00. The van der Waals surface area contributed by atoms with Gasteiger partial charge in [0.15, 0.2) is 10.9 Å². The van der Waals surface area contributed by atoms with Gasteiger partial charge in [-0.2, -0.15) is 0 Å². The monoisotopic (exact) mass is 389 g/mol. The molecule has 0 saturated heterocycles. The van der Waals surface area contributed by atoms with Crippen LogP contribution in [-0.4, -0.2) is 15.6 Å². The van der Waals surface area contributed by atoms with E-state index >= 15 is 0 Å². The van der Waals surface area contributed by atoms with Crippen LogP contribution in [0.15, 0.2) is 68.7 Å². The van der Waals surface area contributed by atoms with E-state index in [0.717, 1.165) is 18.1 Å². The number of carboxylic acid groups (broad SMARTS) is 1.